The van der Waals surface area contributed by atoms with E-state index in [0.29, 0.717) is 19.1 Å². The second kappa shape index (κ2) is 8.37. The van der Waals surface area contributed by atoms with Crippen molar-refractivity contribution in [2.45, 2.75) is 26.2 Å². The third-order valence-electron chi connectivity index (χ3n) is 4.94. The Morgan fingerprint density at radius 2 is 1.65 bits per heavy atom. The van der Waals surface area contributed by atoms with Gasteiger partial charge in [-0.25, -0.2) is 4.79 Å². The minimum atomic E-state index is -0.422. The second-order valence-electron chi connectivity index (χ2n) is 7.38. The normalized spacial score (nSPS) is 14.0. The van der Waals surface area contributed by atoms with E-state index in [1.54, 1.807) is 0 Å². The molecule has 4 nitrogen and oxygen atoms in total. The molecule has 0 radical (unpaired) electrons. The van der Waals surface area contributed by atoms with E-state index in [4.69, 9.17) is 4.74 Å². The Kier molecular flexibility index (Phi) is 5.94. The lowest BCUT2D eigenvalue weighted by atomic mass is 9.98. The number of ether oxygens (including phenoxy) is 1. The van der Waals surface area contributed by atoms with E-state index in [9.17, 15) is 9.90 Å². The van der Waals surface area contributed by atoms with Crippen LogP contribution in [0.5, 0.6) is 0 Å². The predicted molar refractivity (Wildman–Crippen MR) is 103 cm³/mol. The number of carbonyl (C=O) groups excluding carboxylic acids is 1. The molecule has 2 N–H and O–H groups in total. The maximum atomic E-state index is 12.1. The molecular weight excluding hydrogens is 326 g/mol. The SMILES string of the molecule is CC(C)C[C@@H](CO)CNC(=O)OCC1c2ccccc2-c2ccccc21. The maximum absolute atomic E-state index is 12.1. The van der Waals surface area contributed by atoms with E-state index in [1.807, 2.05) is 24.3 Å². The highest BCUT2D eigenvalue weighted by Crippen LogP contribution is 2.44. The molecule has 0 fully saturated rings. The van der Waals surface area contributed by atoms with E-state index in [0.717, 1.165) is 6.42 Å². The van der Waals surface area contributed by atoms with Gasteiger partial charge in [0, 0.05) is 19.1 Å². The zero-order valence-corrected chi connectivity index (χ0v) is 15.4. The minimum Gasteiger partial charge on any atom is -0.449 e. The molecule has 26 heavy (non-hydrogen) atoms. The predicted octanol–water partition coefficient (Wildman–Crippen LogP) is 4.18. The van der Waals surface area contributed by atoms with Gasteiger partial charge in [0.2, 0.25) is 0 Å². The topological polar surface area (TPSA) is 58.6 Å². The lowest BCUT2D eigenvalue weighted by Gasteiger charge is -2.18. The maximum Gasteiger partial charge on any atom is 0.407 e. The molecule has 0 bridgehead atoms. The standard InChI is InChI=1S/C22H27NO3/c1-15(2)11-16(13-24)12-23-22(25)26-14-21-19-9-5-3-7-17(19)18-8-4-6-10-20(18)21/h3-10,15-16,21,24H,11-14H2,1-2H3,(H,23,25)/t16-/m1/s1. The van der Waals surface area contributed by atoms with Crippen molar-refractivity contribution < 1.29 is 14.6 Å². The minimum absolute atomic E-state index is 0.0653. The fourth-order valence-electron chi connectivity index (χ4n) is 3.77. The van der Waals surface area contributed by atoms with Gasteiger partial charge in [-0.3, -0.25) is 0 Å². The zero-order chi connectivity index (χ0) is 18.5. The van der Waals surface area contributed by atoms with Gasteiger partial charge < -0.3 is 15.2 Å². The monoisotopic (exact) mass is 353 g/mol. The summed E-state index contributed by atoms with van der Waals surface area (Å²) in [5.74, 6) is 0.615. The summed E-state index contributed by atoms with van der Waals surface area (Å²) in [5.41, 5.74) is 4.84. The van der Waals surface area contributed by atoms with Crippen LogP contribution in [0.25, 0.3) is 11.1 Å². The van der Waals surface area contributed by atoms with Gasteiger partial charge >= 0.3 is 6.09 Å². The molecular formula is C22H27NO3. The molecule has 1 amide bonds. The van der Waals surface area contributed by atoms with Crippen LogP contribution in [0.1, 0.15) is 37.3 Å². The van der Waals surface area contributed by atoms with Gasteiger partial charge in [-0.05, 0) is 40.5 Å². The smallest absolute Gasteiger partial charge is 0.407 e. The van der Waals surface area contributed by atoms with Crippen LogP contribution in [-0.2, 0) is 4.74 Å². The molecule has 1 aliphatic carbocycles. The lowest BCUT2D eigenvalue weighted by Crippen LogP contribution is -2.32. The van der Waals surface area contributed by atoms with Crippen molar-refractivity contribution in [3.05, 3.63) is 59.7 Å². The highest BCUT2D eigenvalue weighted by Gasteiger charge is 2.29. The van der Waals surface area contributed by atoms with Crippen LogP contribution in [-0.4, -0.2) is 31.0 Å². The third-order valence-corrected chi connectivity index (χ3v) is 4.94. The van der Waals surface area contributed by atoms with E-state index >= 15 is 0 Å². The number of hydrogen-bond acceptors (Lipinski definition) is 3. The highest BCUT2D eigenvalue weighted by atomic mass is 16.5. The fraction of sp³-hybridized carbons (Fsp3) is 0.409. The van der Waals surface area contributed by atoms with E-state index < -0.39 is 6.09 Å². The largest absolute Gasteiger partial charge is 0.449 e. The molecule has 2 aromatic rings. The Morgan fingerprint density at radius 1 is 1.08 bits per heavy atom. The van der Waals surface area contributed by atoms with Crippen molar-refractivity contribution >= 4 is 6.09 Å². The van der Waals surface area contributed by atoms with Gasteiger partial charge in [0.05, 0.1) is 0 Å². The van der Waals surface area contributed by atoms with Gasteiger partial charge in [-0.2, -0.15) is 0 Å². The molecule has 0 unspecified atom stereocenters. The highest BCUT2D eigenvalue weighted by molar-refractivity contribution is 5.79. The van der Waals surface area contributed by atoms with Crippen molar-refractivity contribution in [3.63, 3.8) is 0 Å². The van der Waals surface area contributed by atoms with Gasteiger partial charge in [0.15, 0.2) is 0 Å². The number of hydrogen-bond donors (Lipinski definition) is 2. The molecule has 4 heteroatoms. The van der Waals surface area contributed by atoms with E-state index in [2.05, 4.69) is 43.4 Å². The fourth-order valence-corrected chi connectivity index (χ4v) is 3.77. The van der Waals surface area contributed by atoms with Gasteiger partial charge in [0.25, 0.3) is 0 Å². The summed E-state index contributed by atoms with van der Waals surface area (Å²) in [5, 5.41) is 12.2. The molecule has 0 saturated heterocycles. The Bertz CT molecular complexity index is 711. The first kappa shape index (κ1) is 18.5. The third kappa shape index (κ3) is 4.07. The molecule has 138 valence electrons. The van der Waals surface area contributed by atoms with Crippen molar-refractivity contribution in [3.8, 4) is 11.1 Å². The van der Waals surface area contributed by atoms with Crippen molar-refractivity contribution in [1.82, 2.24) is 5.32 Å². The average molecular weight is 353 g/mol. The van der Waals surface area contributed by atoms with E-state index in [1.165, 1.54) is 22.3 Å². The van der Waals surface area contributed by atoms with Crippen LogP contribution in [0.3, 0.4) is 0 Å². The molecule has 0 aliphatic heterocycles. The number of benzene rings is 2. The van der Waals surface area contributed by atoms with E-state index in [-0.39, 0.29) is 18.4 Å². The number of aliphatic hydroxyl groups excluding tert-OH is 1. The number of fused-ring (bicyclic) bond motifs is 3. The quantitative estimate of drug-likeness (QED) is 0.785. The van der Waals surface area contributed by atoms with Crippen LogP contribution in [0.15, 0.2) is 48.5 Å². The first-order chi connectivity index (χ1) is 12.6. The average Bonchev–Trinajstić information content (AvgIpc) is 2.97. The summed E-state index contributed by atoms with van der Waals surface area (Å²) in [4.78, 5) is 12.1. The molecule has 2 aromatic carbocycles. The molecule has 0 heterocycles. The molecule has 3 rings (SSSR count). The summed E-state index contributed by atoms with van der Waals surface area (Å²) in [6, 6.07) is 16.6. The zero-order valence-electron chi connectivity index (χ0n) is 15.4. The lowest BCUT2D eigenvalue weighted by molar-refractivity contribution is 0.136. The van der Waals surface area contributed by atoms with Crippen LogP contribution >= 0.6 is 0 Å². The van der Waals surface area contributed by atoms with Crippen molar-refractivity contribution in [1.29, 1.82) is 0 Å². The van der Waals surface area contributed by atoms with Crippen LogP contribution in [0, 0.1) is 11.8 Å². The first-order valence-corrected chi connectivity index (χ1v) is 9.29. The van der Waals surface area contributed by atoms with Gasteiger partial charge in [-0.15, -0.1) is 0 Å². The molecule has 0 aromatic heterocycles. The van der Waals surface area contributed by atoms with Crippen LogP contribution in [0.4, 0.5) is 4.79 Å². The van der Waals surface area contributed by atoms with Gasteiger partial charge in [0.1, 0.15) is 6.61 Å². The Hall–Kier alpha value is -2.33. The van der Waals surface area contributed by atoms with Crippen molar-refractivity contribution in [2.75, 3.05) is 19.8 Å². The number of amides is 1. The molecule has 0 spiro atoms. The second-order valence-corrected chi connectivity index (χ2v) is 7.38. The summed E-state index contributed by atoms with van der Waals surface area (Å²) in [7, 11) is 0. The summed E-state index contributed by atoms with van der Waals surface area (Å²) in [6.45, 7) is 5.03. The van der Waals surface area contributed by atoms with Crippen LogP contribution in [0.2, 0.25) is 0 Å². The number of aliphatic hydroxyl groups is 1. The number of rotatable bonds is 7. The number of nitrogens with one attached hydrogen (secondary N) is 1. The Labute approximate surface area is 155 Å². The first-order valence-electron chi connectivity index (χ1n) is 9.29. The molecule has 0 saturated carbocycles. The molecule has 1 aliphatic rings. The summed E-state index contributed by atoms with van der Waals surface area (Å²) in [6.07, 6.45) is 0.453. The van der Waals surface area contributed by atoms with Crippen LogP contribution < -0.4 is 5.32 Å². The number of alkyl carbamates (subject to hydrolysis) is 1. The van der Waals surface area contributed by atoms with Crippen molar-refractivity contribution in [2.24, 2.45) is 11.8 Å². The number of carbonyl (C=O) groups is 1. The summed E-state index contributed by atoms with van der Waals surface area (Å²) >= 11 is 0. The Morgan fingerprint density at radius 3 is 2.19 bits per heavy atom. The Balaban J connectivity index is 1.60. The van der Waals surface area contributed by atoms with Gasteiger partial charge in [-0.1, -0.05) is 62.4 Å². The molecule has 1 atom stereocenters. The summed E-state index contributed by atoms with van der Waals surface area (Å²) < 4.78 is 5.51.